The van der Waals surface area contributed by atoms with Crippen molar-refractivity contribution in [3.8, 4) is 0 Å². The number of ether oxygens (including phenoxy) is 1. The van der Waals surface area contributed by atoms with Crippen LogP contribution in [-0.2, 0) is 9.53 Å². The van der Waals surface area contributed by atoms with Gasteiger partial charge in [-0.2, -0.15) is 0 Å². The summed E-state index contributed by atoms with van der Waals surface area (Å²) < 4.78 is 4.76. The summed E-state index contributed by atoms with van der Waals surface area (Å²) in [5.74, 6) is 5.06. The van der Waals surface area contributed by atoms with Crippen molar-refractivity contribution in [1.29, 1.82) is 0 Å². The first kappa shape index (κ1) is 22.6. The van der Waals surface area contributed by atoms with Gasteiger partial charge < -0.3 is 10.1 Å². The molecule has 27 heavy (non-hydrogen) atoms. The number of esters is 1. The van der Waals surface area contributed by atoms with Crippen molar-refractivity contribution in [2.45, 2.75) is 52.9 Å². The fourth-order valence-electron chi connectivity index (χ4n) is 3.00. The van der Waals surface area contributed by atoms with Crippen molar-refractivity contribution in [3.05, 3.63) is 29.8 Å². The smallest absolute Gasteiger partial charge is 0.336 e. The molecule has 7 nitrogen and oxygen atoms in total. The Bertz CT molecular complexity index is 627. The van der Waals surface area contributed by atoms with Crippen LogP contribution >= 0.6 is 0 Å². The van der Waals surface area contributed by atoms with E-state index < -0.39 is 12.0 Å². The van der Waals surface area contributed by atoms with Gasteiger partial charge in [0, 0.05) is 11.5 Å². The number of para-hydroxylation sites is 1. The molecular weight excluding hydrogens is 346 g/mol. The number of nitrogens with two attached hydrogens (primary N) is 1. The average molecular weight is 377 g/mol. The number of nitrogens with zero attached hydrogens (tertiary/aromatic N) is 1. The number of anilines is 1. The van der Waals surface area contributed by atoms with Crippen LogP contribution in [0.5, 0.6) is 0 Å². The van der Waals surface area contributed by atoms with Crippen molar-refractivity contribution in [3.63, 3.8) is 0 Å². The Morgan fingerprint density at radius 1 is 1.15 bits per heavy atom. The number of carbonyl (C=O) groups excluding carboxylic acids is 3. The number of Topliss-reactive ketones (excluding diaryl/α,β-unsaturated/α-hetero) is 1. The summed E-state index contributed by atoms with van der Waals surface area (Å²) in [6.07, 6.45) is 5.04. The second-order valence-electron chi connectivity index (χ2n) is 6.11. The van der Waals surface area contributed by atoms with E-state index in [2.05, 4.69) is 5.32 Å². The Hall–Kier alpha value is -2.41. The maximum atomic E-state index is 12.8. The molecule has 0 atom stereocenters. The van der Waals surface area contributed by atoms with E-state index in [-0.39, 0.29) is 24.9 Å². The molecule has 0 spiro atoms. The summed E-state index contributed by atoms with van der Waals surface area (Å²) in [4.78, 5) is 36.4. The normalized spacial score (nSPS) is 13.8. The Morgan fingerprint density at radius 2 is 1.78 bits per heavy atom. The van der Waals surface area contributed by atoms with Crippen LogP contribution in [0.25, 0.3) is 0 Å². The third-order valence-electron chi connectivity index (χ3n) is 4.28. The number of hydrogen-bond donors (Lipinski definition) is 2. The topological polar surface area (TPSA) is 102 Å². The number of rotatable bonds is 6. The fourth-order valence-corrected chi connectivity index (χ4v) is 3.00. The van der Waals surface area contributed by atoms with Gasteiger partial charge in [-0.1, -0.05) is 45.2 Å². The molecule has 0 unspecified atom stereocenters. The number of nitrogens with one attached hydrogen (secondary N) is 1. The zero-order valence-electron chi connectivity index (χ0n) is 16.5. The highest BCUT2D eigenvalue weighted by atomic mass is 16.5. The molecule has 1 aliphatic rings. The fraction of sp³-hybridized carbons (Fsp3) is 0.550. The van der Waals surface area contributed by atoms with E-state index in [1.807, 2.05) is 13.8 Å². The highest BCUT2D eigenvalue weighted by Crippen LogP contribution is 2.29. The van der Waals surface area contributed by atoms with Crippen LogP contribution in [0.3, 0.4) is 0 Å². The molecule has 1 saturated carbocycles. The van der Waals surface area contributed by atoms with Gasteiger partial charge in [0.15, 0.2) is 5.78 Å². The SMILES string of the molecule is CC.CCOC(=O)CN(N)C(=O)Nc1ccccc1C(=O)C1CCCCC1. The van der Waals surface area contributed by atoms with Crippen LogP contribution in [0.1, 0.15) is 63.2 Å². The number of benzene rings is 1. The first-order chi connectivity index (χ1) is 13.0. The molecule has 1 fully saturated rings. The number of urea groups is 1. The van der Waals surface area contributed by atoms with E-state index in [0.717, 1.165) is 37.1 Å². The number of ketones is 1. The molecule has 0 radical (unpaired) electrons. The van der Waals surface area contributed by atoms with E-state index in [1.54, 1.807) is 31.2 Å². The van der Waals surface area contributed by atoms with Gasteiger partial charge in [-0.25, -0.2) is 10.6 Å². The second kappa shape index (κ2) is 12.1. The van der Waals surface area contributed by atoms with Gasteiger partial charge in [-0.3, -0.25) is 14.6 Å². The molecule has 7 heteroatoms. The molecule has 3 N–H and O–H groups in total. The van der Waals surface area contributed by atoms with Gasteiger partial charge in [0.1, 0.15) is 6.54 Å². The van der Waals surface area contributed by atoms with E-state index in [1.165, 1.54) is 0 Å². The average Bonchev–Trinajstić information content (AvgIpc) is 2.70. The molecule has 1 aliphatic carbocycles. The molecule has 2 amide bonds. The van der Waals surface area contributed by atoms with Gasteiger partial charge in [0.2, 0.25) is 0 Å². The minimum atomic E-state index is -0.669. The third kappa shape index (κ3) is 7.02. The summed E-state index contributed by atoms with van der Waals surface area (Å²) in [7, 11) is 0. The van der Waals surface area contributed by atoms with Gasteiger partial charge in [0.25, 0.3) is 0 Å². The lowest BCUT2D eigenvalue weighted by Crippen LogP contribution is -2.44. The van der Waals surface area contributed by atoms with Crippen LogP contribution in [0, 0.1) is 5.92 Å². The van der Waals surface area contributed by atoms with Gasteiger partial charge in [0.05, 0.1) is 12.3 Å². The highest BCUT2D eigenvalue weighted by molar-refractivity contribution is 6.05. The minimum absolute atomic E-state index is 0.000290. The molecule has 0 bridgehead atoms. The van der Waals surface area contributed by atoms with Crippen LogP contribution in [0.4, 0.5) is 10.5 Å². The summed E-state index contributed by atoms with van der Waals surface area (Å²) >= 11 is 0. The lowest BCUT2D eigenvalue weighted by molar-refractivity contribution is -0.143. The number of amides is 2. The number of hydrazine groups is 1. The molecule has 0 heterocycles. The van der Waals surface area contributed by atoms with Crippen molar-refractivity contribution in [2.24, 2.45) is 11.8 Å². The number of carbonyl (C=O) groups is 3. The molecule has 0 aliphatic heterocycles. The van der Waals surface area contributed by atoms with Crippen molar-refractivity contribution < 1.29 is 19.1 Å². The van der Waals surface area contributed by atoms with Crippen molar-refractivity contribution in [1.82, 2.24) is 5.01 Å². The third-order valence-corrected chi connectivity index (χ3v) is 4.28. The van der Waals surface area contributed by atoms with E-state index in [9.17, 15) is 14.4 Å². The lowest BCUT2D eigenvalue weighted by Gasteiger charge is -2.22. The zero-order valence-corrected chi connectivity index (χ0v) is 16.5. The molecule has 1 aromatic rings. The van der Waals surface area contributed by atoms with Gasteiger partial charge in [-0.15, -0.1) is 0 Å². The minimum Gasteiger partial charge on any atom is -0.465 e. The summed E-state index contributed by atoms with van der Waals surface area (Å²) in [5.41, 5.74) is 0.884. The molecule has 0 aromatic heterocycles. The maximum Gasteiger partial charge on any atom is 0.336 e. The van der Waals surface area contributed by atoms with Crippen LogP contribution < -0.4 is 11.2 Å². The Kier molecular flexibility index (Phi) is 10.1. The summed E-state index contributed by atoms with van der Waals surface area (Å²) in [5, 5.41) is 3.35. The van der Waals surface area contributed by atoms with Gasteiger partial charge in [-0.05, 0) is 31.9 Å². The number of hydrogen-bond acceptors (Lipinski definition) is 5. The molecule has 150 valence electrons. The Labute approximate surface area is 161 Å². The predicted octanol–water partition coefficient (Wildman–Crippen LogP) is 3.75. The van der Waals surface area contributed by atoms with Crippen molar-refractivity contribution >= 4 is 23.5 Å². The monoisotopic (exact) mass is 377 g/mol. The van der Waals surface area contributed by atoms with E-state index in [0.29, 0.717) is 11.3 Å². The summed E-state index contributed by atoms with van der Waals surface area (Å²) in [6.45, 7) is 5.53. The maximum absolute atomic E-state index is 12.8. The quantitative estimate of drug-likeness (QED) is 0.258. The lowest BCUT2D eigenvalue weighted by atomic mass is 9.83. The summed E-state index contributed by atoms with van der Waals surface area (Å²) in [6, 6.07) is 6.20. The second-order valence-corrected chi connectivity index (χ2v) is 6.11. The Balaban J connectivity index is 0.00000176. The van der Waals surface area contributed by atoms with E-state index in [4.69, 9.17) is 10.6 Å². The molecule has 2 rings (SSSR count). The van der Waals surface area contributed by atoms with E-state index >= 15 is 0 Å². The van der Waals surface area contributed by atoms with Crippen LogP contribution in [-0.4, -0.2) is 35.9 Å². The molecule has 1 aromatic carbocycles. The van der Waals surface area contributed by atoms with Gasteiger partial charge >= 0.3 is 12.0 Å². The van der Waals surface area contributed by atoms with Crippen LogP contribution in [0.15, 0.2) is 24.3 Å². The highest BCUT2D eigenvalue weighted by Gasteiger charge is 2.25. The first-order valence-corrected chi connectivity index (χ1v) is 9.65. The zero-order chi connectivity index (χ0) is 20.2. The Morgan fingerprint density at radius 3 is 2.41 bits per heavy atom. The van der Waals surface area contributed by atoms with Crippen molar-refractivity contribution in [2.75, 3.05) is 18.5 Å². The predicted molar refractivity (Wildman–Crippen MR) is 105 cm³/mol. The first-order valence-electron chi connectivity index (χ1n) is 9.65. The van der Waals surface area contributed by atoms with Crippen LogP contribution in [0.2, 0.25) is 0 Å². The standard InChI is InChI=1S/C18H25N3O4.C2H6/c1-2-25-16(22)12-21(19)18(24)20-15-11-7-6-10-14(15)17(23)13-8-4-3-5-9-13;1-2/h6-7,10-11,13H,2-5,8-9,12,19H2,1H3,(H,20,24);1-2H3. The largest absolute Gasteiger partial charge is 0.465 e. The molecular formula is C20H31N3O4. The molecule has 0 saturated heterocycles.